The van der Waals surface area contributed by atoms with Crippen molar-refractivity contribution in [1.29, 1.82) is 0 Å². The molecule has 14 heteroatoms. The van der Waals surface area contributed by atoms with Crippen LogP contribution in [0.1, 0.15) is 24.7 Å². The third-order valence-electron chi connectivity index (χ3n) is 6.52. The quantitative estimate of drug-likeness (QED) is 0.0959. The maximum absolute atomic E-state index is 13.5. The molecule has 2 aromatic heterocycles. The zero-order chi connectivity index (χ0) is 31.8. The molecule has 0 saturated heterocycles. The monoisotopic (exact) mass is 654 g/mol. The van der Waals surface area contributed by atoms with Crippen LogP contribution in [-0.2, 0) is 27.0 Å². The summed E-state index contributed by atoms with van der Waals surface area (Å²) in [6, 6.07) is 20.6. The van der Waals surface area contributed by atoms with Gasteiger partial charge in [-0.25, -0.2) is 19.2 Å². The molecule has 1 atom stereocenters. The molecule has 5 aromatic rings. The van der Waals surface area contributed by atoms with Gasteiger partial charge in [-0.2, -0.15) is 0 Å². The lowest BCUT2D eigenvalue weighted by molar-refractivity contribution is 0.0312. The van der Waals surface area contributed by atoms with E-state index in [2.05, 4.69) is 19.8 Å². The molecule has 0 fully saturated rings. The summed E-state index contributed by atoms with van der Waals surface area (Å²) in [7, 11) is -3.20. The highest BCUT2D eigenvalue weighted by Crippen LogP contribution is 2.33. The molecule has 0 aliphatic carbocycles. The van der Waals surface area contributed by atoms with Crippen molar-refractivity contribution < 1.29 is 37.1 Å². The largest absolute Gasteiger partial charge is 0.487 e. The van der Waals surface area contributed by atoms with E-state index in [9.17, 15) is 13.8 Å². The van der Waals surface area contributed by atoms with Gasteiger partial charge < -0.3 is 29.0 Å². The minimum absolute atomic E-state index is 0.132. The van der Waals surface area contributed by atoms with Gasteiger partial charge in [-0.1, -0.05) is 30.7 Å². The van der Waals surface area contributed by atoms with Crippen LogP contribution in [0.4, 0.5) is 20.7 Å². The van der Waals surface area contributed by atoms with Gasteiger partial charge in [0.2, 0.25) is 6.79 Å². The number of aromatic nitrogens is 2. The Morgan fingerprint density at radius 2 is 1.98 bits per heavy atom. The number of fused-ring (bicyclic) bond motifs is 1. The van der Waals surface area contributed by atoms with E-state index in [1.165, 1.54) is 23.4 Å². The normalized spacial score (nSPS) is 11.7. The maximum Gasteiger partial charge on any atom is 0.412 e. The standard InChI is InChI=1S/C31H29ClFN4O7P/c1-2-12-37(31(38)42-19-43-45(39)40)16-24-8-11-28(44-24)21-6-9-27-25(14-21)30(35-18-34-27)36-23-7-10-29(26(32)15-23)41-17-20-4-3-5-22(33)13-20/h3-11,13-15,18,45H,2,12,16-17,19H2,1H3,(H,39,40)(H,34,35,36). The Labute approximate surface area is 263 Å². The zero-order valence-electron chi connectivity index (χ0n) is 24.0. The molecule has 3 aromatic carbocycles. The second-order valence-electron chi connectivity index (χ2n) is 9.77. The van der Waals surface area contributed by atoms with Crippen LogP contribution in [0.5, 0.6) is 5.75 Å². The van der Waals surface area contributed by atoms with Crippen LogP contribution >= 0.6 is 19.9 Å². The SMILES string of the molecule is CCCN(Cc1ccc(-c2ccc3ncnc(Nc4ccc(OCc5cccc(F)c5)c(Cl)c4)c3c2)o1)C(=O)OCO[PH](=O)O. The molecule has 0 saturated carbocycles. The van der Waals surface area contributed by atoms with E-state index in [4.69, 9.17) is 30.4 Å². The lowest BCUT2D eigenvalue weighted by Gasteiger charge is -2.20. The van der Waals surface area contributed by atoms with Crippen LogP contribution < -0.4 is 10.1 Å². The number of carbonyl (C=O) groups is 1. The summed E-state index contributed by atoms with van der Waals surface area (Å²) >= 11 is 6.49. The minimum Gasteiger partial charge on any atom is -0.487 e. The molecule has 11 nitrogen and oxygen atoms in total. The van der Waals surface area contributed by atoms with Gasteiger partial charge in [0.05, 0.1) is 17.1 Å². The van der Waals surface area contributed by atoms with Crippen LogP contribution in [0.2, 0.25) is 5.02 Å². The van der Waals surface area contributed by atoms with Crippen LogP contribution in [0.15, 0.2) is 83.5 Å². The molecule has 2 heterocycles. The van der Waals surface area contributed by atoms with Gasteiger partial charge in [0.15, 0.2) is 0 Å². The average Bonchev–Trinajstić information content (AvgIpc) is 3.49. The van der Waals surface area contributed by atoms with E-state index >= 15 is 0 Å². The Bertz CT molecular complexity index is 1820. The second kappa shape index (κ2) is 15.0. The fourth-order valence-electron chi connectivity index (χ4n) is 4.46. The van der Waals surface area contributed by atoms with Gasteiger partial charge in [0, 0.05) is 23.2 Å². The number of ether oxygens (including phenoxy) is 2. The smallest absolute Gasteiger partial charge is 0.412 e. The van der Waals surface area contributed by atoms with E-state index in [-0.39, 0.29) is 19.0 Å². The second-order valence-corrected chi connectivity index (χ2v) is 11.0. The van der Waals surface area contributed by atoms with Crippen molar-refractivity contribution in [3.63, 3.8) is 0 Å². The van der Waals surface area contributed by atoms with Crippen molar-refractivity contribution in [3.05, 3.63) is 101 Å². The van der Waals surface area contributed by atoms with Crippen molar-refractivity contribution in [2.75, 3.05) is 18.7 Å². The van der Waals surface area contributed by atoms with E-state index in [1.807, 2.05) is 25.1 Å². The Balaban J connectivity index is 1.29. The first-order valence-electron chi connectivity index (χ1n) is 13.8. The van der Waals surface area contributed by atoms with Crippen molar-refractivity contribution in [2.24, 2.45) is 0 Å². The molecule has 45 heavy (non-hydrogen) atoms. The first-order chi connectivity index (χ1) is 21.8. The van der Waals surface area contributed by atoms with Gasteiger partial charge in [0.25, 0.3) is 0 Å². The van der Waals surface area contributed by atoms with Crippen LogP contribution in [0, 0.1) is 5.82 Å². The number of anilines is 2. The van der Waals surface area contributed by atoms with E-state index in [0.29, 0.717) is 57.8 Å². The van der Waals surface area contributed by atoms with Crippen molar-refractivity contribution in [2.45, 2.75) is 26.5 Å². The molecule has 0 aliphatic heterocycles. The average molecular weight is 655 g/mol. The van der Waals surface area contributed by atoms with Gasteiger partial charge in [-0.05, 0) is 72.6 Å². The predicted molar refractivity (Wildman–Crippen MR) is 167 cm³/mol. The van der Waals surface area contributed by atoms with Gasteiger partial charge in [0.1, 0.15) is 41.8 Å². The number of rotatable bonds is 13. The number of benzene rings is 3. The summed E-state index contributed by atoms with van der Waals surface area (Å²) in [5, 5.41) is 4.39. The number of halogens is 2. The molecule has 1 unspecified atom stereocenters. The molecule has 0 radical (unpaired) electrons. The maximum atomic E-state index is 13.5. The van der Waals surface area contributed by atoms with Crippen molar-refractivity contribution in [1.82, 2.24) is 14.9 Å². The number of nitrogens with zero attached hydrogens (tertiary/aromatic N) is 3. The summed E-state index contributed by atoms with van der Waals surface area (Å²) < 4.78 is 45.4. The summed E-state index contributed by atoms with van der Waals surface area (Å²) in [5.41, 5.74) is 2.82. The molecule has 0 spiro atoms. The number of furan rings is 1. The Morgan fingerprint density at radius 3 is 2.76 bits per heavy atom. The molecular formula is C31H29ClFN4O7P. The third-order valence-corrected chi connectivity index (χ3v) is 7.18. The Kier molecular flexibility index (Phi) is 10.6. The van der Waals surface area contributed by atoms with Crippen LogP contribution in [-0.4, -0.2) is 39.2 Å². The van der Waals surface area contributed by atoms with E-state index in [1.54, 1.807) is 42.5 Å². The molecular weight excluding hydrogens is 626 g/mol. The van der Waals surface area contributed by atoms with E-state index < -0.39 is 21.1 Å². The van der Waals surface area contributed by atoms with Crippen LogP contribution in [0.25, 0.3) is 22.2 Å². The fraction of sp³-hybridized carbons (Fsp3) is 0.194. The Morgan fingerprint density at radius 1 is 1.11 bits per heavy atom. The Hall–Kier alpha value is -4.48. The number of carbonyl (C=O) groups excluding carboxylic acids is 1. The first-order valence-corrected chi connectivity index (χ1v) is 15.5. The number of amides is 1. The molecule has 5 rings (SSSR count). The third kappa shape index (κ3) is 8.58. The zero-order valence-corrected chi connectivity index (χ0v) is 25.8. The highest BCUT2D eigenvalue weighted by molar-refractivity contribution is 7.32. The summed E-state index contributed by atoms with van der Waals surface area (Å²) in [6.45, 7) is 1.98. The highest BCUT2D eigenvalue weighted by Gasteiger charge is 2.18. The van der Waals surface area contributed by atoms with E-state index in [0.717, 1.165) is 10.9 Å². The molecule has 2 N–H and O–H groups in total. The topological polar surface area (TPSA) is 136 Å². The summed E-state index contributed by atoms with van der Waals surface area (Å²) in [6.07, 6.45) is 1.43. The minimum atomic E-state index is -3.20. The van der Waals surface area contributed by atoms with Crippen molar-refractivity contribution >= 4 is 48.4 Å². The first kappa shape index (κ1) is 31.9. The molecule has 234 valence electrons. The number of hydrogen-bond acceptors (Lipinski definition) is 9. The highest BCUT2D eigenvalue weighted by atomic mass is 35.5. The van der Waals surface area contributed by atoms with Crippen LogP contribution in [0.3, 0.4) is 0 Å². The lowest BCUT2D eigenvalue weighted by atomic mass is 10.1. The van der Waals surface area contributed by atoms with Crippen molar-refractivity contribution in [3.8, 4) is 17.1 Å². The lowest BCUT2D eigenvalue weighted by Crippen LogP contribution is -2.32. The summed E-state index contributed by atoms with van der Waals surface area (Å²) in [5.74, 6) is 1.75. The number of hydrogen-bond donors (Lipinski definition) is 2. The fourth-order valence-corrected chi connectivity index (χ4v) is 4.86. The summed E-state index contributed by atoms with van der Waals surface area (Å²) in [4.78, 5) is 31.4. The molecule has 1 amide bonds. The molecule has 0 bridgehead atoms. The van der Waals surface area contributed by atoms with Gasteiger partial charge in [-0.15, -0.1) is 0 Å². The van der Waals surface area contributed by atoms with Gasteiger partial charge in [-0.3, -0.25) is 9.09 Å². The predicted octanol–water partition coefficient (Wildman–Crippen LogP) is 7.71. The van der Waals surface area contributed by atoms with Gasteiger partial charge >= 0.3 is 14.3 Å². The number of nitrogens with one attached hydrogen (secondary N) is 1. The molecule has 0 aliphatic rings.